The standard InChI is InChI=1S/C14H21ClN2/c1-10-4-5-12(8-13(10)15)17-7-6-14(16-3)11(2)9-17/h4-5,8,11,14,16H,6-7,9H2,1-3H3. The molecule has 0 aliphatic carbocycles. The molecule has 1 N–H and O–H groups in total. The summed E-state index contributed by atoms with van der Waals surface area (Å²) in [5.74, 6) is 0.675. The molecule has 1 aromatic carbocycles. The third kappa shape index (κ3) is 2.75. The quantitative estimate of drug-likeness (QED) is 0.870. The molecule has 0 spiro atoms. The van der Waals surface area contributed by atoms with E-state index in [1.807, 2.05) is 6.92 Å². The number of anilines is 1. The van der Waals surface area contributed by atoms with E-state index in [0.29, 0.717) is 12.0 Å². The molecule has 2 atom stereocenters. The molecule has 0 radical (unpaired) electrons. The first-order valence-corrected chi connectivity index (χ1v) is 6.68. The maximum absolute atomic E-state index is 6.19. The second-order valence-corrected chi connectivity index (χ2v) is 5.45. The first kappa shape index (κ1) is 12.7. The zero-order valence-electron chi connectivity index (χ0n) is 10.8. The Hall–Kier alpha value is -0.730. The van der Waals surface area contributed by atoms with Gasteiger partial charge in [-0.2, -0.15) is 0 Å². The molecule has 0 amide bonds. The number of nitrogens with zero attached hydrogens (tertiary/aromatic N) is 1. The molecule has 1 heterocycles. The summed E-state index contributed by atoms with van der Waals surface area (Å²) in [4.78, 5) is 2.43. The number of aryl methyl sites for hydroxylation is 1. The predicted molar refractivity (Wildman–Crippen MR) is 75.0 cm³/mol. The average Bonchev–Trinajstić information content (AvgIpc) is 2.32. The summed E-state index contributed by atoms with van der Waals surface area (Å²) in [7, 11) is 2.06. The number of halogens is 1. The SMILES string of the molecule is CNC1CCN(c2ccc(C)c(Cl)c2)CC1C. The lowest BCUT2D eigenvalue weighted by Gasteiger charge is -2.38. The Morgan fingerprint density at radius 2 is 2.18 bits per heavy atom. The fourth-order valence-electron chi connectivity index (χ4n) is 2.59. The molecule has 2 nitrogen and oxygen atoms in total. The summed E-state index contributed by atoms with van der Waals surface area (Å²) in [5, 5.41) is 4.26. The second-order valence-electron chi connectivity index (χ2n) is 5.04. The van der Waals surface area contributed by atoms with E-state index in [9.17, 15) is 0 Å². The highest BCUT2D eigenvalue weighted by Gasteiger charge is 2.24. The van der Waals surface area contributed by atoms with Gasteiger partial charge in [-0.3, -0.25) is 0 Å². The zero-order valence-corrected chi connectivity index (χ0v) is 11.6. The van der Waals surface area contributed by atoms with Gasteiger partial charge in [0, 0.05) is 29.8 Å². The van der Waals surface area contributed by atoms with Gasteiger partial charge in [-0.25, -0.2) is 0 Å². The van der Waals surface area contributed by atoms with E-state index in [1.54, 1.807) is 0 Å². The number of piperidine rings is 1. The van der Waals surface area contributed by atoms with E-state index in [4.69, 9.17) is 11.6 Å². The van der Waals surface area contributed by atoms with Gasteiger partial charge in [0.1, 0.15) is 0 Å². The summed E-state index contributed by atoms with van der Waals surface area (Å²) < 4.78 is 0. The van der Waals surface area contributed by atoms with Crippen LogP contribution < -0.4 is 10.2 Å². The molecule has 1 aliphatic rings. The Kier molecular flexibility index (Phi) is 3.95. The van der Waals surface area contributed by atoms with Crippen LogP contribution in [-0.4, -0.2) is 26.2 Å². The van der Waals surface area contributed by atoms with E-state index in [2.05, 4.69) is 42.4 Å². The van der Waals surface area contributed by atoms with Crippen LogP contribution >= 0.6 is 11.6 Å². The third-order valence-electron chi connectivity index (χ3n) is 3.80. The molecule has 2 rings (SSSR count). The van der Waals surface area contributed by atoms with Crippen LogP contribution in [0.3, 0.4) is 0 Å². The van der Waals surface area contributed by atoms with Gasteiger partial charge in [0.2, 0.25) is 0 Å². The second kappa shape index (κ2) is 5.28. The van der Waals surface area contributed by atoms with Crippen molar-refractivity contribution in [2.75, 3.05) is 25.0 Å². The van der Waals surface area contributed by atoms with Crippen molar-refractivity contribution in [2.45, 2.75) is 26.3 Å². The lowest BCUT2D eigenvalue weighted by atomic mass is 9.93. The maximum atomic E-state index is 6.19. The molecule has 94 valence electrons. The number of hydrogen-bond acceptors (Lipinski definition) is 2. The van der Waals surface area contributed by atoms with Gasteiger partial charge >= 0.3 is 0 Å². The van der Waals surface area contributed by atoms with Gasteiger partial charge in [0.25, 0.3) is 0 Å². The smallest absolute Gasteiger partial charge is 0.0455 e. The average molecular weight is 253 g/mol. The first-order chi connectivity index (χ1) is 8.11. The molecular formula is C14H21ClN2. The lowest BCUT2D eigenvalue weighted by Crippen LogP contribution is -2.47. The van der Waals surface area contributed by atoms with Gasteiger partial charge in [-0.15, -0.1) is 0 Å². The van der Waals surface area contributed by atoms with Crippen molar-refractivity contribution < 1.29 is 0 Å². The fraction of sp³-hybridized carbons (Fsp3) is 0.571. The molecule has 0 aromatic heterocycles. The number of rotatable bonds is 2. The summed E-state index contributed by atoms with van der Waals surface area (Å²) in [5.41, 5.74) is 2.40. The first-order valence-electron chi connectivity index (χ1n) is 6.30. The molecule has 1 saturated heterocycles. The molecule has 0 saturated carbocycles. The van der Waals surface area contributed by atoms with Crippen LogP contribution in [0.15, 0.2) is 18.2 Å². The van der Waals surface area contributed by atoms with Crippen molar-refractivity contribution in [3.05, 3.63) is 28.8 Å². The largest absolute Gasteiger partial charge is 0.371 e. The third-order valence-corrected chi connectivity index (χ3v) is 4.20. The van der Waals surface area contributed by atoms with Gasteiger partial charge in [0.15, 0.2) is 0 Å². The summed E-state index contributed by atoms with van der Waals surface area (Å²) in [6, 6.07) is 7.01. The molecule has 1 aliphatic heterocycles. The highest BCUT2D eigenvalue weighted by Crippen LogP contribution is 2.27. The van der Waals surface area contributed by atoms with E-state index in [1.165, 1.54) is 12.1 Å². The van der Waals surface area contributed by atoms with Crippen LogP contribution in [0.4, 0.5) is 5.69 Å². The van der Waals surface area contributed by atoms with Crippen molar-refractivity contribution in [3.8, 4) is 0 Å². The van der Waals surface area contributed by atoms with Crippen LogP contribution in [0.2, 0.25) is 5.02 Å². The van der Waals surface area contributed by atoms with Crippen LogP contribution in [0.1, 0.15) is 18.9 Å². The highest BCUT2D eigenvalue weighted by atomic mass is 35.5. The molecule has 1 aromatic rings. The van der Waals surface area contributed by atoms with Crippen molar-refractivity contribution in [2.24, 2.45) is 5.92 Å². The number of hydrogen-bond donors (Lipinski definition) is 1. The topological polar surface area (TPSA) is 15.3 Å². The normalized spacial score (nSPS) is 25.1. The molecule has 1 fully saturated rings. The summed E-state index contributed by atoms with van der Waals surface area (Å²) >= 11 is 6.19. The molecule has 3 heteroatoms. The minimum Gasteiger partial charge on any atom is -0.371 e. The molecule has 2 unspecified atom stereocenters. The lowest BCUT2D eigenvalue weighted by molar-refractivity contribution is 0.339. The Bertz CT molecular complexity index is 392. The van der Waals surface area contributed by atoms with Gasteiger partial charge < -0.3 is 10.2 Å². The monoisotopic (exact) mass is 252 g/mol. The van der Waals surface area contributed by atoms with Crippen LogP contribution in [0, 0.1) is 12.8 Å². The predicted octanol–water partition coefficient (Wildman–Crippen LogP) is 3.08. The van der Waals surface area contributed by atoms with Crippen LogP contribution in [-0.2, 0) is 0 Å². The highest BCUT2D eigenvalue weighted by molar-refractivity contribution is 6.31. The minimum atomic E-state index is 0.646. The molecule has 17 heavy (non-hydrogen) atoms. The van der Waals surface area contributed by atoms with Crippen LogP contribution in [0.5, 0.6) is 0 Å². The van der Waals surface area contributed by atoms with E-state index >= 15 is 0 Å². The summed E-state index contributed by atoms with van der Waals surface area (Å²) in [6.07, 6.45) is 1.20. The number of nitrogens with one attached hydrogen (secondary N) is 1. The Balaban J connectivity index is 2.11. The van der Waals surface area contributed by atoms with Crippen molar-refractivity contribution in [3.63, 3.8) is 0 Å². The molecule has 0 bridgehead atoms. The van der Waals surface area contributed by atoms with Crippen LogP contribution in [0.25, 0.3) is 0 Å². The van der Waals surface area contributed by atoms with Gasteiger partial charge in [-0.1, -0.05) is 24.6 Å². The van der Waals surface area contributed by atoms with E-state index in [0.717, 1.165) is 23.7 Å². The fourth-order valence-corrected chi connectivity index (χ4v) is 2.76. The minimum absolute atomic E-state index is 0.646. The van der Waals surface area contributed by atoms with Crippen molar-refractivity contribution >= 4 is 17.3 Å². The van der Waals surface area contributed by atoms with Crippen molar-refractivity contribution in [1.29, 1.82) is 0 Å². The Morgan fingerprint density at radius 1 is 1.41 bits per heavy atom. The van der Waals surface area contributed by atoms with Gasteiger partial charge in [-0.05, 0) is 44.0 Å². The Labute approximate surface area is 109 Å². The maximum Gasteiger partial charge on any atom is 0.0455 e. The van der Waals surface area contributed by atoms with E-state index in [-0.39, 0.29) is 0 Å². The van der Waals surface area contributed by atoms with E-state index < -0.39 is 0 Å². The zero-order chi connectivity index (χ0) is 12.4. The number of benzene rings is 1. The summed E-state index contributed by atoms with van der Waals surface area (Å²) in [6.45, 7) is 6.56. The van der Waals surface area contributed by atoms with Crippen molar-refractivity contribution in [1.82, 2.24) is 5.32 Å². The Morgan fingerprint density at radius 3 is 2.76 bits per heavy atom. The molecular weight excluding hydrogens is 232 g/mol. The van der Waals surface area contributed by atoms with Gasteiger partial charge in [0.05, 0.1) is 0 Å².